The van der Waals surface area contributed by atoms with Crippen molar-refractivity contribution >= 4 is 17.0 Å². The first-order valence-corrected chi connectivity index (χ1v) is 8.41. The number of furan rings is 1. The maximum atomic E-state index is 13.0. The van der Waals surface area contributed by atoms with Gasteiger partial charge in [0.2, 0.25) is 11.6 Å². The number of carbonyl (C=O) groups is 1. The number of benzene rings is 1. The van der Waals surface area contributed by atoms with Crippen molar-refractivity contribution in [2.75, 3.05) is 0 Å². The molecule has 1 atom stereocenters. The number of aromatic nitrogens is 2. The highest BCUT2D eigenvalue weighted by Crippen LogP contribution is 2.20. The van der Waals surface area contributed by atoms with Gasteiger partial charge in [-0.05, 0) is 38.0 Å². The van der Waals surface area contributed by atoms with Gasteiger partial charge >= 0.3 is 0 Å². The molecule has 1 amide bonds. The van der Waals surface area contributed by atoms with E-state index in [-0.39, 0.29) is 29.5 Å². The van der Waals surface area contributed by atoms with Gasteiger partial charge in [-0.15, -0.1) is 0 Å². The van der Waals surface area contributed by atoms with Gasteiger partial charge < -0.3 is 9.73 Å². The fourth-order valence-corrected chi connectivity index (χ4v) is 2.89. The van der Waals surface area contributed by atoms with E-state index >= 15 is 0 Å². The summed E-state index contributed by atoms with van der Waals surface area (Å²) in [4.78, 5) is 29.6. The first-order chi connectivity index (χ1) is 12.4. The Labute approximate surface area is 149 Å². The topological polar surface area (TPSA) is 77.1 Å². The molecule has 0 saturated carbocycles. The Morgan fingerprint density at radius 2 is 2.00 bits per heavy atom. The number of nitrogens with zero attached hydrogens (tertiary/aromatic N) is 2. The van der Waals surface area contributed by atoms with Crippen molar-refractivity contribution in [2.24, 2.45) is 0 Å². The molecule has 0 fully saturated rings. The van der Waals surface area contributed by atoms with Gasteiger partial charge in [-0.2, -0.15) is 0 Å². The third-order valence-corrected chi connectivity index (χ3v) is 4.52. The number of aryl methyl sites for hydroxylation is 2. The Morgan fingerprint density at radius 1 is 1.31 bits per heavy atom. The maximum Gasteiger partial charge on any atom is 0.265 e. The summed E-state index contributed by atoms with van der Waals surface area (Å²) in [6.45, 7) is 5.65. The Morgan fingerprint density at radius 3 is 2.65 bits per heavy atom. The van der Waals surface area contributed by atoms with E-state index in [1.165, 1.54) is 23.0 Å². The van der Waals surface area contributed by atoms with Crippen molar-refractivity contribution in [1.29, 1.82) is 0 Å². The van der Waals surface area contributed by atoms with Gasteiger partial charge in [0, 0.05) is 12.1 Å². The van der Waals surface area contributed by atoms with Crippen LogP contribution in [0.15, 0.2) is 39.8 Å². The van der Waals surface area contributed by atoms with Gasteiger partial charge in [-0.1, -0.05) is 19.1 Å². The van der Waals surface area contributed by atoms with Crippen molar-refractivity contribution in [2.45, 2.75) is 39.8 Å². The van der Waals surface area contributed by atoms with Crippen LogP contribution in [0.1, 0.15) is 36.3 Å². The molecule has 0 unspecified atom stereocenters. The number of hydrogen-bond donors (Lipinski definition) is 1. The van der Waals surface area contributed by atoms with Crippen molar-refractivity contribution in [3.8, 4) is 0 Å². The van der Waals surface area contributed by atoms with Crippen molar-refractivity contribution in [3.05, 3.63) is 63.7 Å². The minimum absolute atomic E-state index is 0.254. The zero-order valence-electron chi connectivity index (χ0n) is 14.9. The molecule has 0 aliphatic rings. The van der Waals surface area contributed by atoms with Gasteiger partial charge in [0.1, 0.15) is 29.3 Å². The molecule has 3 rings (SSSR count). The average molecular weight is 357 g/mol. The molecule has 1 N–H and O–H groups in total. The smallest absolute Gasteiger partial charge is 0.265 e. The summed E-state index contributed by atoms with van der Waals surface area (Å²) in [5.41, 5.74) is 1.49. The zero-order chi connectivity index (χ0) is 18.8. The molecule has 0 spiro atoms. The summed E-state index contributed by atoms with van der Waals surface area (Å²) in [6, 6.07) is 5.20. The van der Waals surface area contributed by atoms with Gasteiger partial charge in [-0.25, -0.2) is 9.37 Å². The quantitative estimate of drug-likeness (QED) is 0.761. The third kappa shape index (κ3) is 3.24. The van der Waals surface area contributed by atoms with Crippen LogP contribution < -0.4 is 10.9 Å². The van der Waals surface area contributed by atoms with Crippen molar-refractivity contribution in [1.82, 2.24) is 14.9 Å². The van der Waals surface area contributed by atoms with E-state index in [9.17, 15) is 14.0 Å². The van der Waals surface area contributed by atoms with E-state index in [1.54, 1.807) is 26.0 Å². The lowest BCUT2D eigenvalue weighted by molar-refractivity contribution is -0.124. The van der Waals surface area contributed by atoms with Crippen LogP contribution in [0.4, 0.5) is 4.39 Å². The predicted octanol–water partition coefficient (Wildman–Crippen LogP) is 3.01. The van der Waals surface area contributed by atoms with Crippen molar-refractivity contribution < 1.29 is 13.6 Å². The van der Waals surface area contributed by atoms with E-state index in [0.717, 1.165) is 11.1 Å². The normalized spacial score (nSPS) is 12.3. The molecule has 0 aliphatic carbocycles. The first kappa shape index (κ1) is 17.8. The number of nitrogens with one attached hydrogen (secondary N) is 1. The second kappa shape index (κ2) is 7.11. The summed E-state index contributed by atoms with van der Waals surface area (Å²) in [6.07, 6.45) is 1.77. The van der Waals surface area contributed by atoms with E-state index in [4.69, 9.17) is 4.42 Å². The molecule has 0 radical (unpaired) electrons. The van der Waals surface area contributed by atoms with E-state index in [1.807, 2.05) is 6.92 Å². The van der Waals surface area contributed by atoms with Gasteiger partial charge in [0.05, 0.1) is 0 Å². The molecule has 0 saturated heterocycles. The summed E-state index contributed by atoms with van der Waals surface area (Å²) >= 11 is 0. The highest BCUT2D eigenvalue weighted by Gasteiger charge is 2.22. The molecule has 0 aliphatic heterocycles. The summed E-state index contributed by atoms with van der Waals surface area (Å²) < 4.78 is 19.8. The van der Waals surface area contributed by atoms with Crippen LogP contribution in [0.3, 0.4) is 0 Å². The molecule has 0 bridgehead atoms. The molecule has 136 valence electrons. The standard InChI is InChI=1S/C19H20FN3O3/c1-4-15(17(24)21-9-13-5-7-14(20)8-6-13)23-10-22-18-16(19(23)25)11(2)12(3)26-18/h5-8,10,15H,4,9H2,1-3H3,(H,21,24)/t15-/m1/s1. The number of rotatable bonds is 5. The van der Waals surface area contributed by atoms with Crippen LogP contribution in [0.5, 0.6) is 0 Å². The number of carbonyl (C=O) groups excluding carboxylic acids is 1. The minimum atomic E-state index is -0.686. The molecule has 2 aromatic heterocycles. The maximum absolute atomic E-state index is 13.0. The number of hydrogen-bond acceptors (Lipinski definition) is 4. The lowest BCUT2D eigenvalue weighted by Gasteiger charge is -2.17. The lowest BCUT2D eigenvalue weighted by atomic mass is 10.1. The molecular formula is C19H20FN3O3. The number of halogens is 1. The van der Waals surface area contributed by atoms with E-state index in [0.29, 0.717) is 17.6 Å². The SMILES string of the molecule is CC[C@H](C(=O)NCc1ccc(F)cc1)n1cnc2oc(C)c(C)c2c1=O. The Hall–Kier alpha value is -2.96. The molecule has 26 heavy (non-hydrogen) atoms. The largest absolute Gasteiger partial charge is 0.443 e. The van der Waals surface area contributed by atoms with Crippen LogP contribution in [0.25, 0.3) is 11.1 Å². The summed E-state index contributed by atoms with van der Waals surface area (Å²) in [5, 5.41) is 3.19. The highest BCUT2D eigenvalue weighted by molar-refractivity contribution is 5.81. The first-order valence-electron chi connectivity index (χ1n) is 8.41. The van der Waals surface area contributed by atoms with Crippen molar-refractivity contribution in [3.63, 3.8) is 0 Å². The average Bonchev–Trinajstić information content (AvgIpc) is 2.92. The van der Waals surface area contributed by atoms with Crippen LogP contribution >= 0.6 is 0 Å². The second-order valence-corrected chi connectivity index (χ2v) is 6.19. The van der Waals surface area contributed by atoms with Gasteiger partial charge in [0.25, 0.3) is 5.56 Å². The number of amides is 1. The molecule has 1 aromatic carbocycles. The zero-order valence-corrected chi connectivity index (χ0v) is 14.9. The lowest BCUT2D eigenvalue weighted by Crippen LogP contribution is -2.36. The van der Waals surface area contributed by atoms with Crippen LogP contribution in [0, 0.1) is 19.7 Å². The molecule has 2 heterocycles. The Kier molecular flexibility index (Phi) is 4.88. The van der Waals surface area contributed by atoms with E-state index in [2.05, 4.69) is 10.3 Å². The summed E-state index contributed by atoms with van der Waals surface area (Å²) in [7, 11) is 0. The Balaban J connectivity index is 1.86. The van der Waals surface area contributed by atoms with Crippen LogP contribution in [0.2, 0.25) is 0 Å². The monoisotopic (exact) mass is 357 g/mol. The van der Waals surface area contributed by atoms with Gasteiger partial charge in [0.15, 0.2) is 0 Å². The minimum Gasteiger partial charge on any atom is -0.443 e. The van der Waals surface area contributed by atoms with Crippen LogP contribution in [-0.2, 0) is 11.3 Å². The highest BCUT2D eigenvalue weighted by atomic mass is 19.1. The fraction of sp³-hybridized carbons (Fsp3) is 0.316. The van der Waals surface area contributed by atoms with E-state index < -0.39 is 6.04 Å². The fourth-order valence-electron chi connectivity index (χ4n) is 2.89. The number of fused-ring (bicyclic) bond motifs is 1. The summed E-state index contributed by atoms with van der Waals surface area (Å²) in [5.74, 6) is 0.0114. The molecule has 7 heteroatoms. The third-order valence-electron chi connectivity index (χ3n) is 4.52. The predicted molar refractivity (Wildman–Crippen MR) is 95.3 cm³/mol. The molecule has 3 aromatic rings. The van der Waals surface area contributed by atoms with Crippen LogP contribution in [-0.4, -0.2) is 15.5 Å². The van der Waals surface area contributed by atoms with Gasteiger partial charge in [-0.3, -0.25) is 14.2 Å². The second-order valence-electron chi connectivity index (χ2n) is 6.19. The Bertz CT molecular complexity index is 1010. The molecule has 6 nitrogen and oxygen atoms in total. The molecular weight excluding hydrogens is 337 g/mol.